The molecule has 25 heavy (non-hydrogen) atoms. The summed E-state index contributed by atoms with van der Waals surface area (Å²) in [7, 11) is 7.69. The van der Waals surface area contributed by atoms with Gasteiger partial charge in [0.2, 0.25) is 5.91 Å². The van der Waals surface area contributed by atoms with Crippen molar-refractivity contribution in [3.63, 3.8) is 0 Å². The van der Waals surface area contributed by atoms with E-state index in [2.05, 4.69) is 32.8 Å². The number of halogens is 2. The zero-order valence-electron chi connectivity index (χ0n) is 15.0. The SMILES string of the molecule is CNC(C(=O)NCc1cccc(CN(C)C)c1)c1cnn(C)c1.Cl.Cl. The zero-order valence-corrected chi connectivity index (χ0v) is 16.7. The molecule has 1 aromatic heterocycles. The molecule has 0 aliphatic heterocycles. The molecule has 1 unspecified atom stereocenters. The van der Waals surface area contributed by atoms with E-state index in [4.69, 9.17) is 0 Å². The summed E-state index contributed by atoms with van der Waals surface area (Å²) in [4.78, 5) is 14.5. The number of benzene rings is 1. The van der Waals surface area contributed by atoms with Crippen molar-refractivity contribution in [3.8, 4) is 0 Å². The first-order valence-electron chi connectivity index (χ1n) is 7.65. The topological polar surface area (TPSA) is 62.2 Å². The third kappa shape index (κ3) is 7.04. The van der Waals surface area contributed by atoms with E-state index >= 15 is 0 Å². The van der Waals surface area contributed by atoms with Crippen molar-refractivity contribution in [2.75, 3.05) is 21.1 Å². The van der Waals surface area contributed by atoms with Crippen LogP contribution in [0.2, 0.25) is 0 Å². The van der Waals surface area contributed by atoms with Crippen LogP contribution >= 0.6 is 24.8 Å². The van der Waals surface area contributed by atoms with E-state index in [1.54, 1.807) is 17.9 Å². The summed E-state index contributed by atoms with van der Waals surface area (Å²) in [5.41, 5.74) is 3.19. The van der Waals surface area contributed by atoms with Crippen LogP contribution in [0.4, 0.5) is 0 Å². The monoisotopic (exact) mass is 387 g/mol. The Kier molecular flexibility index (Phi) is 10.4. The Morgan fingerprint density at radius 3 is 2.52 bits per heavy atom. The first kappa shape index (κ1) is 23.4. The minimum atomic E-state index is -0.395. The molecule has 140 valence electrons. The van der Waals surface area contributed by atoms with Crippen LogP contribution in [-0.2, 0) is 24.9 Å². The Bertz CT molecular complexity index is 660. The van der Waals surface area contributed by atoms with Crippen molar-refractivity contribution >= 4 is 30.7 Å². The number of carbonyl (C=O) groups excluding carboxylic acids is 1. The second-order valence-corrected chi connectivity index (χ2v) is 5.94. The molecular formula is C17H27Cl2N5O. The molecule has 1 amide bonds. The number of nitrogens with zero attached hydrogens (tertiary/aromatic N) is 3. The van der Waals surface area contributed by atoms with Gasteiger partial charge in [0.25, 0.3) is 0 Å². The van der Waals surface area contributed by atoms with Crippen LogP contribution in [0.15, 0.2) is 36.7 Å². The Balaban J connectivity index is 0.00000288. The van der Waals surface area contributed by atoms with Crippen molar-refractivity contribution < 1.29 is 4.79 Å². The summed E-state index contributed by atoms with van der Waals surface area (Å²) in [6.07, 6.45) is 3.55. The van der Waals surface area contributed by atoms with E-state index in [9.17, 15) is 4.79 Å². The Hall–Kier alpha value is -1.60. The highest BCUT2D eigenvalue weighted by Gasteiger charge is 2.19. The van der Waals surface area contributed by atoms with E-state index in [0.29, 0.717) is 6.54 Å². The van der Waals surface area contributed by atoms with Crippen LogP contribution in [-0.4, -0.2) is 41.7 Å². The molecule has 0 aliphatic rings. The van der Waals surface area contributed by atoms with Gasteiger partial charge in [-0.15, -0.1) is 24.8 Å². The van der Waals surface area contributed by atoms with Crippen LogP contribution in [0.25, 0.3) is 0 Å². The van der Waals surface area contributed by atoms with Crippen molar-refractivity contribution in [1.82, 2.24) is 25.3 Å². The second-order valence-electron chi connectivity index (χ2n) is 5.94. The number of carbonyl (C=O) groups is 1. The van der Waals surface area contributed by atoms with Crippen LogP contribution in [0.5, 0.6) is 0 Å². The Morgan fingerprint density at radius 2 is 1.96 bits per heavy atom. The smallest absolute Gasteiger partial charge is 0.242 e. The Morgan fingerprint density at radius 1 is 1.28 bits per heavy atom. The molecule has 0 saturated heterocycles. The summed E-state index contributed by atoms with van der Waals surface area (Å²) in [6, 6.07) is 7.87. The van der Waals surface area contributed by atoms with E-state index in [0.717, 1.165) is 17.7 Å². The van der Waals surface area contributed by atoms with Crippen molar-refractivity contribution in [2.45, 2.75) is 19.1 Å². The van der Waals surface area contributed by atoms with Gasteiger partial charge >= 0.3 is 0 Å². The maximum atomic E-state index is 12.4. The highest BCUT2D eigenvalue weighted by molar-refractivity contribution is 5.85. The highest BCUT2D eigenvalue weighted by atomic mass is 35.5. The molecule has 0 bridgehead atoms. The normalized spacial score (nSPS) is 11.4. The average molecular weight is 388 g/mol. The summed E-state index contributed by atoms with van der Waals surface area (Å²) >= 11 is 0. The lowest BCUT2D eigenvalue weighted by atomic mass is 10.1. The van der Waals surface area contributed by atoms with Crippen LogP contribution in [0.3, 0.4) is 0 Å². The van der Waals surface area contributed by atoms with Gasteiger partial charge in [0.05, 0.1) is 6.20 Å². The molecule has 8 heteroatoms. The summed E-state index contributed by atoms with van der Waals surface area (Å²) in [6.45, 7) is 1.40. The lowest BCUT2D eigenvalue weighted by Gasteiger charge is -2.15. The zero-order chi connectivity index (χ0) is 16.8. The molecule has 0 spiro atoms. The molecule has 6 nitrogen and oxygen atoms in total. The fraction of sp³-hybridized carbons (Fsp3) is 0.412. The van der Waals surface area contributed by atoms with Gasteiger partial charge in [0.15, 0.2) is 0 Å². The number of amides is 1. The van der Waals surface area contributed by atoms with Gasteiger partial charge in [-0.25, -0.2) is 0 Å². The second kappa shape index (κ2) is 11.1. The maximum absolute atomic E-state index is 12.4. The van der Waals surface area contributed by atoms with E-state index < -0.39 is 6.04 Å². The maximum Gasteiger partial charge on any atom is 0.242 e. The van der Waals surface area contributed by atoms with Gasteiger partial charge in [-0.3, -0.25) is 9.48 Å². The van der Waals surface area contributed by atoms with E-state index in [-0.39, 0.29) is 30.7 Å². The van der Waals surface area contributed by atoms with Crippen LogP contribution in [0, 0.1) is 0 Å². The van der Waals surface area contributed by atoms with Crippen LogP contribution < -0.4 is 10.6 Å². The minimum Gasteiger partial charge on any atom is -0.350 e. The third-order valence-corrected chi connectivity index (χ3v) is 3.57. The number of aryl methyl sites for hydroxylation is 1. The highest BCUT2D eigenvalue weighted by Crippen LogP contribution is 2.12. The van der Waals surface area contributed by atoms with E-state index in [1.807, 2.05) is 39.5 Å². The number of rotatable bonds is 7. The molecule has 0 aliphatic carbocycles. The predicted octanol–water partition coefficient (Wildman–Crippen LogP) is 1.90. The molecule has 1 heterocycles. The number of hydrogen-bond donors (Lipinski definition) is 2. The van der Waals surface area contributed by atoms with Crippen molar-refractivity contribution in [2.24, 2.45) is 7.05 Å². The van der Waals surface area contributed by atoms with Gasteiger partial charge in [-0.2, -0.15) is 5.10 Å². The summed E-state index contributed by atoms with van der Waals surface area (Å²) in [5, 5.41) is 10.1. The minimum absolute atomic E-state index is 0. The van der Waals surface area contributed by atoms with Gasteiger partial charge in [-0.05, 0) is 32.3 Å². The standard InChI is InChI=1S/C17H25N5O.2ClH/c1-18-16(15-10-20-22(4)12-15)17(23)19-9-13-6-5-7-14(8-13)11-21(2)3;;/h5-8,10,12,16,18H,9,11H2,1-4H3,(H,19,23);2*1H. The average Bonchev–Trinajstić information content (AvgIpc) is 2.92. The van der Waals surface area contributed by atoms with Gasteiger partial charge < -0.3 is 15.5 Å². The van der Waals surface area contributed by atoms with Gasteiger partial charge in [-0.1, -0.05) is 24.3 Å². The summed E-state index contributed by atoms with van der Waals surface area (Å²) in [5.74, 6) is -0.0569. The molecule has 2 aromatic rings. The molecule has 0 radical (unpaired) electrons. The van der Waals surface area contributed by atoms with Crippen LogP contribution in [0.1, 0.15) is 22.7 Å². The number of aromatic nitrogens is 2. The lowest BCUT2D eigenvalue weighted by molar-refractivity contribution is -0.123. The molecule has 2 rings (SSSR count). The number of likely N-dealkylation sites (N-methyl/N-ethyl adjacent to an activating group) is 1. The molecule has 2 N–H and O–H groups in total. The first-order chi connectivity index (χ1) is 11.0. The summed E-state index contributed by atoms with van der Waals surface area (Å²) < 4.78 is 1.69. The number of nitrogens with one attached hydrogen (secondary N) is 2. The van der Waals surface area contributed by atoms with E-state index in [1.165, 1.54) is 5.56 Å². The fourth-order valence-electron chi connectivity index (χ4n) is 2.53. The number of hydrogen-bond acceptors (Lipinski definition) is 4. The lowest BCUT2D eigenvalue weighted by Crippen LogP contribution is -2.35. The quantitative estimate of drug-likeness (QED) is 0.761. The molecule has 1 atom stereocenters. The Labute approximate surface area is 161 Å². The molecule has 1 aromatic carbocycles. The molecule has 0 fully saturated rings. The van der Waals surface area contributed by atoms with Gasteiger partial charge in [0.1, 0.15) is 6.04 Å². The molecular weight excluding hydrogens is 361 g/mol. The van der Waals surface area contributed by atoms with Gasteiger partial charge in [0, 0.05) is 31.9 Å². The molecule has 0 saturated carbocycles. The third-order valence-electron chi connectivity index (χ3n) is 3.57. The largest absolute Gasteiger partial charge is 0.350 e. The predicted molar refractivity (Wildman–Crippen MR) is 105 cm³/mol. The fourth-order valence-corrected chi connectivity index (χ4v) is 2.53. The van der Waals surface area contributed by atoms with Crippen molar-refractivity contribution in [3.05, 3.63) is 53.3 Å². The van der Waals surface area contributed by atoms with Crippen molar-refractivity contribution in [1.29, 1.82) is 0 Å². The first-order valence-corrected chi connectivity index (χ1v) is 7.65.